The van der Waals surface area contributed by atoms with Gasteiger partial charge in [-0.1, -0.05) is 36.4 Å². The summed E-state index contributed by atoms with van der Waals surface area (Å²) >= 11 is 0. The highest BCUT2D eigenvalue weighted by atomic mass is 19.1. The second-order valence-corrected chi connectivity index (χ2v) is 10.0. The Labute approximate surface area is 189 Å². The van der Waals surface area contributed by atoms with Gasteiger partial charge < -0.3 is 14.8 Å². The molecule has 1 N–H and O–H groups in total. The Bertz CT molecular complexity index is 1020. The molecular formula is C27H32FNO3. The molecule has 3 aliphatic rings. The number of hydrogen-bond acceptors (Lipinski definition) is 3. The zero-order valence-electron chi connectivity index (χ0n) is 19.1. The molecule has 0 radical (unpaired) electrons. The quantitative estimate of drug-likeness (QED) is 0.701. The molecule has 4 atom stereocenters. The lowest BCUT2D eigenvalue weighted by molar-refractivity contribution is -0.125. The Balaban J connectivity index is 1.43. The van der Waals surface area contributed by atoms with Gasteiger partial charge in [-0.15, -0.1) is 0 Å². The Morgan fingerprint density at radius 2 is 1.97 bits per heavy atom. The first-order valence-corrected chi connectivity index (χ1v) is 11.7. The van der Waals surface area contributed by atoms with Gasteiger partial charge in [0.2, 0.25) is 5.91 Å². The molecule has 1 amide bonds. The molecule has 5 heteroatoms. The van der Waals surface area contributed by atoms with Gasteiger partial charge in [0, 0.05) is 17.5 Å². The van der Waals surface area contributed by atoms with E-state index in [9.17, 15) is 4.79 Å². The van der Waals surface area contributed by atoms with Crippen molar-refractivity contribution < 1.29 is 18.7 Å². The number of hydrogen-bond donors (Lipinski definition) is 1. The Morgan fingerprint density at radius 3 is 2.72 bits per heavy atom. The smallest absolute Gasteiger partial charge is 0.230 e. The molecule has 2 unspecified atom stereocenters. The fraction of sp³-hybridized carbons (Fsp3) is 0.519. The van der Waals surface area contributed by atoms with Crippen LogP contribution in [0.3, 0.4) is 0 Å². The van der Waals surface area contributed by atoms with Crippen molar-refractivity contribution in [1.82, 2.24) is 5.32 Å². The monoisotopic (exact) mass is 437 g/mol. The summed E-state index contributed by atoms with van der Waals surface area (Å²) in [5.74, 6) is 1.75. The van der Waals surface area contributed by atoms with Crippen LogP contribution in [0.4, 0.5) is 4.39 Å². The van der Waals surface area contributed by atoms with Crippen LogP contribution in [-0.2, 0) is 22.0 Å². The van der Waals surface area contributed by atoms with Crippen LogP contribution in [0, 0.1) is 5.92 Å². The van der Waals surface area contributed by atoms with Crippen LogP contribution in [0.5, 0.6) is 11.5 Å². The third-order valence-electron chi connectivity index (χ3n) is 8.14. The molecule has 4 nitrogen and oxygen atoms in total. The summed E-state index contributed by atoms with van der Waals surface area (Å²) in [5.41, 5.74) is 2.32. The average Bonchev–Trinajstić information content (AvgIpc) is 3.17. The predicted molar refractivity (Wildman–Crippen MR) is 122 cm³/mol. The minimum Gasteiger partial charge on any atom is -0.493 e. The van der Waals surface area contributed by atoms with E-state index in [1.165, 1.54) is 5.56 Å². The minimum absolute atomic E-state index is 0.0112. The fourth-order valence-corrected chi connectivity index (χ4v) is 6.37. The number of alkyl halides is 1. The van der Waals surface area contributed by atoms with E-state index in [-0.39, 0.29) is 5.91 Å². The summed E-state index contributed by atoms with van der Waals surface area (Å²) < 4.78 is 27.2. The number of halogens is 1. The highest BCUT2D eigenvalue weighted by Gasteiger charge is 2.61. The van der Waals surface area contributed by atoms with Crippen molar-refractivity contribution in [3.05, 3.63) is 59.2 Å². The van der Waals surface area contributed by atoms with Crippen LogP contribution in [0.1, 0.15) is 56.2 Å². The zero-order chi connectivity index (χ0) is 22.5. The normalized spacial score (nSPS) is 27.9. The highest BCUT2D eigenvalue weighted by Crippen LogP contribution is 2.62. The molecule has 1 heterocycles. The zero-order valence-corrected chi connectivity index (χ0v) is 19.1. The molecule has 0 aromatic heterocycles. The third kappa shape index (κ3) is 3.04. The molecule has 2 aliphatic carbocycles. The maximum Gasteiger partial charge on any atom is 0.230 e. The van der Waals surface area contributed by atoms with Crippen molar-refractivity contribution in [2.24, 2.45) is 5.92 Å². The standard InChI is InChI=1S/C27H32FNO3/c1-26(2,18-7-5-4-6-8-18)25(30)29-16-15-27-19-11-9-17-10-14-21(31-3)23(22(17)27)32-24(27)20(28)13-12-19/h4-8,10,14,19-20,24H,9,11-13,15-16H2,1-3H3,(H,29,30)/t19?,20?,24-,27-/m1/s1. The van der Waals surface area contributed by atoms with Crippen LogP contribution >= 0.6 is 0 Å². The molecule has 0 bridgehead atoms. The number of carbonyl (C=O) groups is 1. The van der Waals surface area contributed by atoms with Crippen LogP contribution in [0.2, 0.25) is 0 Å². The van der Waals surface area contributed by atoms with Gasteiger partial charge in [0.05, 0.1) is 12.5 Å². The molecule has 1 saturated carbocycles. The van der Waals surface area contributed by atoms with Crippen molar-refractivity contribution in [1.29, 1.82) is 0 Å². The van der Waals surface area contributed by atoms with E-state index in [1.54, 1.807) is 7.11 Å². The average molecular weight is 438 g/mol. The van der Waals surface area contributed by atoms with Crippen LogP contribution in [0.15, 0.2) is 42.5 Å². The van der Waals surface area contributed by atoms with Crippen molar-refractivity contribution >= 4 is 5.91 Å². The summed E-state index contributed by atoms with van der Waals surface area (Å²) in [4.78, 5) is 13.1. The number of rotatable bonds is 6. The predicted octanol–water partition coefficient (Wildman–Crippen LogP) is 4.87. The number of amides is 1. The van der Waals surface area contributed by atoms with Gasteiger partial charge in [0.1, 0.15) is 12.3 Å². The molecule has 2 aromatic rings. The van der Waals surface area contributed by atoms with Gasteiger partial charge in [0.15, 0.2) is 11.5 Å². The molecule has 2 aromatic carbocycles. The van der Waals surface area contributed by atoms with E-state index in [1.807, 2.05) is 50.2 Å². The number of nitrogens with one attached hydrogen (secondary N) is 1. The summed E-state index contributed by atoms with van der Waals surface area (Å²) in [6, 6.07) is 13.9. The van der Waals surface area contributed by atoms with Crippen molar-refractivity contribution in [3.63, 3.8) is 0 Å². The van der Waals surface area contributed by atoms with E-state index in [0.717, 1.165) is 36.1 Å². The first-order chi connectivity index (χ1) is 15.4. The highest BCUT2D eigenvalue weighted by molar-refractivity contribution is 5.87. The number of aryl methyl sites for hydroxylation is 1. The van der Waals surface area contributed by atoms with Crippen molar-refractivity contribution in [2.45, 2.75) is 69.1 Å². The summed E-state index contributed by atoms with van der Waals surface area (Å²) in [7, 11) is 1.63. The second kappa shape index (κ2) is 7.79. The molecule has 170 valence electrons. The summed E-state index contributed by atoms with van der Waals surface area (Å²) in [5, 5.41) is 3.17. The molecule has 1 aliphatic heterocycles. The molecule has 1 fully saturated rings. The second-order valence-electron chi connectivity index (χ2n) is 10.0. The van der Waals surface area contributed by atoms with Gasteiger partial charge in [-0.3, -0.25) is 4.79 Å². The van der Waals surface area contributed by atoms with Gasteiger partial charge in [-0.2, -0.15) is 0 Å². The number of carbonyl (C=O) groups excluding carboxylic acids is 1. The van der Waals surface area contributed by atoms with E-state index >= 15 is 4.39 Å². The molecule has 5 rings (SSSR count). The van der Waals surface area contributed by atoms with Crippen LogP contribution in [0.25, 0.3) is 0 Å². The minimum atomic E-state index is -1.01. The van der Waals surface area contributed by atoms with Gasteiger partial charge >= 0.3 is 0 Å². The lowest BCUT2D eigenvalue weighted by Gasteiger charge is -2.49. The molecule has 0 spiro atoms. The number of benzene rings is 2. The Kier molecular flexibility index (Phi) is 5.18. The largest absolute Gasteiger partial charge is 0.493 e. The maximum atomic E-state index is 15.3. The Morgan fingerprint density at radius 1 is 1.19 bits per heavy atom. The van der Waals surface area contributed by atoms with E-state index < -0.39 is 23.1 Å². The topological polar surface area (TPSA) is 47.6 Å². The Hall–Kier alpha value is -2.56. The molecule has 0 saturated heterocycles. The SMILES string of the molecule is COc1ccc2c3c1O[C@@H]1C(F)CCC(CC2)[C@]31CCNC(=O)C(C)(C)c1ccccc1. The lowest BCUT2D eigenvalue weighted by Crippen LogP contribution is -2.56. The first-order valence-electron chi connectivity index (χ1n) is 11.7. The van der Waals surface area contributed by atoms with Crippen molar-refractivity contribution in [2.75, 3.05) is 13.7 Å². The first kappa shape index (κ1) is 21.3. The maximum absolute atomic E-state index is 15.3. The van der Waals surface area contributed by atoms with E-state index in [0.29, 0.717) is 31.1 Å². The van der Waals surface area contributed by atoms with Gasteiger partial charge in [0.25, 0.3) is 0 Å². The van der Waals surface area contributed by atoms with Gasteiger partial charge in [-0.25, -0.2) is 4.39 Å². The summed E-state index contributed by atoms with van der Waals surface area (Å²) in [6.45, 7) is 4.38. The van der Waals surface area contributed by atoms with Crippen LogP contribution in [-0.4, -0.2) is 31.8 Å². The number of methoxy groups -OCH3 is 1. The third-order valence-corrected chi connectivity index (χ3v) is 8.14. The lowest BCUT2D eigenvalue weighted by atomic mass is 9.55. The fourth-order valence-electron chi connectivity index (χ4n) is 6.37. The van der Waals surface area contributed by atoms with E-state index in [4.69, 9.17) is 9.47 Å². The number of ether oxygens (including phenoxy) is 2. The van der Waals surface area contributed by atoms with Crippen molar-refractivity contribution in [3.8, 4) is 11.5 Å². The molecule has 32 heavy (non-hydrogen) atoms. The van der Waals surface area contributed by atoms with E-state index in [2.05, 4.69) is 11.4 Å². The van der Waals surface area contributed by atoms with Gasteiger partial charge in [-0.05, 0) is 69.1 Å². The van der Waals surface area contributed by atoms with Crippen LogP contribution < -0.4 is 14.8 Å². The summed E-state index contributed by atoms with van der Waals surface area (Å²) in [6.07, 6.45) is 2.58. The molecular weight excluding hydrogens is 405 g/mol.